The van der Waals surface area contributed by atoms with Gasteiger partial charge < -0.3 is 5.11 Å². The molecule has 2 heterocycles. The van der Waals surface area contributed by atoms with E-state index in [1.54, 1.807) is 23.3 Å². The van der Waals surface area contributed by atoms with Crippen LogP contribution in [0.3, 0.4) is 0 Å². The predicted octanol–water partition coefficient (Wildman–Crippen LogP) is 2.40. The van der Waals surface area contributed by atoms with Crippen LogP contribution in [0.2, 0.25) is 0 Å². The molecule has 3 aromatic rings. The Labute approximate surface area is 106 Å². The molecule has 0 unspecified atom stereocenters. The summed E-state index contributed by atoms with van der Waals surface area (Å²) in [7, 11) is 1.74. The topological polar surface area (TPSA) is 68.0 Å². The van der Waals surface area contributed by atoms with E-state index in [1.165, 1.54) is 11.3 Å². The molecule has 0 radical (unpaired) electrons. The average Bonchev–Trinajstić information content (AvgIpc) is 2.94. The maximum atomic E-state index is 10.9. The Balaban J connectivity index is 2.26. The van der Waals surface area contributed by atoms with Gasteiger partial charge >= 0.3 is 5.97 Å². The Hall–Kier alpha value is -2.21. The van der Waals surface area contributed by atoms with E-state index in [2.05, 4.69) is 10.1 Å². The summed E-state index contributed by atoms with van der Waals surface area (Å²) < 4.78 is 2.62. The fraction of sp³-hybridized carbons (Fsp3) is 0.0833. The van der Waals surface area contributed by atoms with Gasteiger partial charge in [-0.05, 0) is 12.1 Å². The lowest BCUT2D eigenvalue weighted by Gasteiger charge is -2.02. The van der Waals surface area contributed by atoms with Gasteiger partial charge in [0.05, 0.1) is 21.4 Å². The monoisotopic (exact) mass is 259 g/mol. The van der Waals surface area contributed by atoms with Crippen LogP contribution >= 0.6 is 11.3 Å². The van der Waals surface area contributed by atoms with Crippen LogP contribution in [0.25, 0.3) is 21.5 Å². The lowest BCUT2D eigenvalue weighted by Crippen LogP contribution is -1.99. The van der Waals surface area contributed by atoms with Crippen molar-refractivity contribution in [2.45, 2.75) is 0 Å². The molecule has 0 amide bonds. The highest BCUT2D eigenvalue weighted by Crippen LogP contribution is 2.31. The molecule has 5 nitrogen and oxygen atoms in total. The van der Waals surface area contributed by atoms with E-state index in [-0.39, 0.29) is 5.69 Å². The third-order valence-corrected chi connectivity index (χ3v) is 3.61. The SMILES string of the molecule is Cn1nc(C(=O)O)cc1-c1cccc2ncsc12. The first kappa shape index (κ1) is 10.9. The Bertz CT molecular complexity index is 745. The normalized spacial score (nSPS) is 10.9. The minimum atomic E-state index is -1.02. The largest absolute Gasteiger partial charge is 0.476 e. The average molecular weight is 259 g/mol. The molecule has 0 aliphatic heterocycles. The molecule has 0 atom stereocenters. The number of carboxylic acids is 1. The van der Waals surface area contributed by atoms with E-state index in [4.69, 9.17) is 5.11 Å². The number of rotatable bonds is 2. The second-order valence-electron chi connectivity index (χ2n) is 3.85. The first-order valence-electron chi connectivity index (χ1n) is 5.27. The smallest absolute Gasteiger partial charge is 0.356 e. The number of benzene rings is 1. The molecule has 0 aliphatic rings. The summed E-state index contributed by atoms with van der Waals surface area (Å²) in [4.78, 5) is 15.2. The lowest BCUT2D eigenvalue weighted by molar-refractivity contribution is 0.0689. The van der Waals surface area contributed by atoms with Crippen molar-refractivity contribution >= 4 is 27.5 Å². The van der Waals surface area contributed by atoms with Gasteiger partial charge in [-0.15, -0.1) is 11.3 Å². The zero-order chi connectivity index (χ0) is 12.7. The summed E-state index contributed by atoms with van der Waals surface area (Å²) in [5, 5.41) is 12.9. The van der Waals surface area contributed by atoms with Crippen LogP contribution in [0.4, 0.5) is 0 Å². The summed E-state index contributed by atoms with van der Waals surface area (Å²) in [6, 6.07) is 7.37. The number of carbonyl (C=O) groups is 1. The third-order valence-electron chi connectivity index (χ3n) is 2.73. The van der Waals surface area contributed by atoms with Crippen LogP contribution in [0.1, 0.15) is 10.5 Å². The summed E-state index contributed by atoms with van der Waals surface area (Å²) in [6.45, 7) is 0. The molecule has 90 valence electrons. The molecule has 0 bridgehead atoms. The van der Waals surface area contributed by atoms with E-state index in [1.807, 2.05) is 18.2 Å². The highest BCUT2D eigenvalue weighted by Gasteiger charge is 2.15. The van der Waals surface area contributed by atoms with E-state index < -0.39 is 5.97 Å². The number of aromatic carboxylic acids is 1. The van der Waals surface area contributed by atoms with E-state index in [0.29, 0.717) is 0 Å². The molecular weight excluding hydrogens is 250 g/mol. The quantitative estimate of drug-likeness (QED) is 0.767. The van der Waals surface area contributed by atoms with Crippen LogP contribution in [0.15, 0.2) is 29.8 Å². The highest BCUT2D eigenvalue weighted by atomic mass is 32.1. The maximum Gasteiger partial charge on any atom is 0.356 e. The number of aromatic nitrogens is 3. The van der Waals surface area contributed by atoms with Crippen LogP contribution in [0, 0.1) is 0 Å². The van der Waals surface area contributed by atoms with Crippen molar-refractivity contribution < 1.29 is 9.90 Å². The molecule has 0 spiro atoms. The number of hydrogen-bond donors (Lipinski definition) is 1. The molecule has 3 rings (SSSR count). The maximum absolute atomic E-state index is 10.9. The number of hydrogen-bond acceptors (Lipinski definition) is 4. The van der Waals surface area contributed by atoms with Gasteiger partial charge in [-0.3, -0.25) is 4.68 Å². The van der Waals surface area contributed by atoms with Gasteiger partial charge in [-0.1, -0.05) is 12.1 Å². The molecule has 0 aliphatic carbocycles. The standard InChI is InChI=1S/C12H9N3O2S/c1-15-10(5-9(14-15)12(16)17)7-3-2-4-8-11(7)18-6-13-8/h2-6H,1H3,(H,16,17). The number of thiazole rings is 1. The molecule has 18 heavy (non-hydrogen) atoms. The van der Waals surface area contributed by atoms with E-state index in [9.17, 15) is 4.79 Å². The van der Waals surface area contributed by atoms with Crippen molar-refractivity contribution in [2.75, 3.05) is 0 Å². The minimum Gasteiger partial charge on any atom is -0.476 e. The second kappa shape index (κ2) is 3.92. The summed E-state index contributed by atoms with van der Waals surface area (Å²) >= 11 is 1.54. The van der Waals surface area contributed by atoms with Crippen molar-refractivity contribution in [1.82, 2.24) is 14.8 Å². The number of fused-ring (bicyclic) bond motifs is 1. The first-order chi connectivity index (χ1) is 8.66. The fourth-order valence-corrected chi connectivity index (χ4v) is 2.72. The lowest BCUT2D eigenvalue weighted by atomic mass is 10.1. The third kappa shape index (κ3) is 1.58. The highest BCUT2D eigenvalue weighted by molar-refractivity contribution is 7.17. The van der Waals surface area contributed by atoms with Crippen molar-refractivity contribution in [2.24, 2.45) is 7.05 Å². The van der Waals surface area contributed by atoms with Gasteiger partial charge in [0.1, 0.15) is 0 Å². The molecule has 2 aromatic heterocycles. The Morgan fingerprint density at radius 3 is 3.00 bits per heavy atom. The summed E-state index contributed by atoms with van der Waals surface area (Å²) in [5.74, 6) is -1.02. The molecule has 0 saturated carbocycles. The van der Waals surface area contributed by atoms with Crippen LogP contribution in [-0.2, 0) is 7.05 Å². The number of nitrogens with zero attached hydrogens (tertiary/aromatic N) is 3. The fourth-order valence-electron chi connectivity index (χ4n) is 1.91. The van der Waals surface area contributed by atoms with Gasteiger partial charge in [-0.2, -0.15) is 5.10 Å². The van der Waals surface area contributed by atoms with Gasteiger partial charge in [0.25, 0.3) is 0 Å². The Morgan fingerprint density at radius 2 is 2.28 bits per heavy atom. The van der Waals surface area contributed by atoms with Crippen molar-refractivity contribution in [3.63, 3.8) is 0 Å². The molecular formula is C12H9N3O2S. The minimum absolute atomic E-state index is 0.0500. The van der Waals surface area contributed by atoms with Crippen LogP contribution in [-0.4, -0.2) is 25.8 Å². The van der Waals surface area contributed by atoms with Crippen molar-refractivity contribution in [3.8, 4) is 11.3 Å². The zero-order valence-corrected chi connectivity index (χ0v) is 10.3. The molecule has 1 aromatic carbocycles. The van der Waals surface area contributed by atoms with E-state index in [0.717, 1.165) is 21.5 Å². The van der Waals surface area contributed by atoms with Gasteiger partial charge in [0.2, 0.25) is 0 Å². The molecule has 6 heteroatoms. The number of carboxylic acid groups (broad SMARTS) is 1. The van der Waals surface area contributed by atoms with Gasteiger partial charge in [0, 0.05) is 12.6 Å². The Kier molecular flexibility index (Phi) is 2.38. The van der Waals surface area contributed by atoms with Gasteiger partial charge in [-0.25, -0.2) is 9.78 Å². The Morgan fingerprint density at radius 1 is 1.44 bits per heavy atom. The molecule has 0 saturated heterocycles. The summed E-state index contributed by atoms with van der Waals surface area (Å²) in [6.07, 6.45) is 0. The van der Waals surface area contributed by atoms with E-state index >= 15 is 0 Å². The molecule has 0 fully saturated rings. The molecule has 1 N–H and O–H groups in total. The van der Waals surface area contributed by atoms with Crippen molar-refractivity contribution in [3.05, 3.63) is 35.5 Å². The van der Waals surface area contributed by atoms with Crippen LogP contribution < -0.4 is 0 Å². The van der Waals surface area contributed by atoms with Crippen LogP contribution in [0.5, 0.6) is 0 Å². The van der Waals surface area contributed by atoms with Gasteiger partial charge in [0.15, 0.2) is 5.69 Å². The first-order valence-corrected chi connectivity index (χ1v) is 6.14. The summed E-state index contributed by atoms with van der Waals surface area (Å²) in [5.41, 5.74) is 4.48. The second-order valence-corrected chi connectivity index (χ2v) is 4.70. The predicted molar refractivity (Wildman–Crippen MR) is 68.8 cm³/mol. The zero-order valence-electron chi connectivity index (χ0n) is 9.49. The van der Waals surface area contributed by atoms with Crippen molar-refractivity contribution in [1.29, 1.82) is 0 Å². The number of aryl methyl sites for hydroxylation is 1.